The number of halogens is 5. The second kappa shape index (κ2) is 10.4. The molecule has 2 aromatic carbocycles. The van der Waals surface area contributed by atoms with E-state index in [9.17, 15) is 27.2 Å². The van der Waals surface area contributed by atoms with Crippen LogP contribution in [0.15, 0.2) is 41.4 Å². The Labute approximate surface area is 220 Å². The fourth-order valence-corrected chi connectivity index (χ4v) is 5.11. The van der Waals surface area contributed by atoms with Crippen molar-refractivity contribution in [2.75, 3.05) is 11.9 Å². The van der Waals surface area contributed by atoms with Gasteiger partial charge in [-0.05, 0) is 44.9 Å². The van der Waals surface area contributed by atoms with Crippen molar-refractivity contribution in [3.8, 4) is 5.75 Å². The Balaban J connectivity index is 1.62. The van der Waals surface area contributed by atoms with Crippen molar-refractivity contribution in [3.05, 3.63) is 58.4 Å². The Kier molecular flexibility index (Phi) is 7.57. The van der Waals surface area contributed by atoms with E-state index in [1.54, 1.807) is 19.1 Å². The van der Waals surface area contributed by atoms with E-state index >= 15 is 0 Å². The largest absolute Gasteiger partial charge is 0.573 e. The number of aliphatic imine (C=N–C) groups is 1. The van der Waals surface area contributed by atoms with E-state index in [0.29, 0.717) is 31.1 Å². The number of ether oxygens (including phenoxy) is 2. The second-order valence-corrected chi connectivity index (χ2v) is 9.73. The molecule has 2 heterocycles. The van der Waals surface area contributed by atoms with Gasteiger partial charge in [0.15, 0.2) is 5.96 Å². The van der Waals surface area contributed by atoms with Gasteiger partial charge in [-0.3, -0.25) is 14.5 Å². The average molecular weight is 557 g/mol. The van der Waals surface area contributed by atoms with E-state index in [0.717, 1.165) is 12.1 Å². The lowest BCUT2D eigenvalue weighted by Crippen LogP contribution is -2.56. The molecule has 3 atom stereocenters. The third-order valence-electron chi connectivity index (χ3n) is 6.44. The lowest BCUT2D eigenvalue weighted by atomic mass is 9.86. The number of guanidine groups is 1. The van der Waals surface area contributed by atoms with Gasteiger partial charge >= 0.3 is 6.36 Å². The molecule has 0 saturated carbocycles. The van der Waals surface area contributed by atoms with Crippen molar-refractivity contribution in [1.29, 1.82) is 0 Å². The number of carbonyl (C=O) groups is 2. The standard InChI is InChI=1S/C25H25ClF4N4O4/c1-13-10-15(8-9-37-13)34-20(35)12-24(2,33-23(34)31)17-4-3-5-18(21(17)26)32-22(36)16-7-6-14(27)11-19(16)38-25(28,29)30/h3-7,11,13,15H,8-10,12H2,1-2H3,(H2,31,33)(H,32,36)/t13-,15-,24+/m1/s1. The lowest BCUT2D eigenvalue weighted by molar-refractivity contribution is -0.274. The average Bonchev–Trinajstić information content (AvgIpc) is 2.78. The predicted molar refractivity (Wildman–Crippen MR) is 131 cm³/mol. The number of amides is 2. The highest BCUT2D eigenvalue weighted by Crippen LogP contribution is 2.41. The van der Waals surface area contributed by atoms with Crippen LogP contribution in [0.25, 0.3) is 0 Å². The van der Waals surface area contributed by atoms with Crippen LogP contribution in [0.4, 0.5) is 23.2 Å². The zero-order chi connectivity index (χ0) is 27.8. The maximum atomic E-state index is 13.5. The monoisotopic (exact) mass is 556 g/mol. The second-order valence-electron chi connectivity index (χ2n) is 9.35. The highest BCUT2D eigenvalue weighted by atomic mass is 35.5. The maximum absolute atomic E-state index is 13.5. The molecule has 1 saturated heterocycles. The molecule has 3 N–H and O–H groups in total. The molecule has 2 amide bonds. The van der Waals surface area contributed by atoms with Gasteiger partial charge in [0.25, 0.3) is 5.91 Å². The summed E-state index contributed by atoms with van der Waals surface area (Å²) >= 11 is 6.60. The molecule has 13 heteroatoms. The van der Waals surface area contributed by atoms with Crippen LogP contribution >= 0.6 is 11.6 Å². The Morgan fingerprint density at radius 3 is 2.71 bits per heavy atom. The van der Waals surface area contributed by atoms with Crippen molar-refractivity contribution in [1.82, 2.24) is 4.90 Å². The number of alkyl halides is 3. The molecule has 0 unspecified atom stereocenters. The minimum atomic E-state index is -5.14. The maximum Gasteiger partial charge on any atom is 0.573 e. The molecule has 4 rings (SSSR count). The summed E-state index contributed by atoms with van der Waals surface area (Å²) in [5.74, 6) is -3.25. The van der Waals surface area contributed by atoms with Gasteiger partial charge in [-0.25, -0.2) is 9.38 Å². The highest BCUT2D eigenvalue weighted by molar-refractivity contribution is 6.35. The normalized spacial score (nSPS) is 24.1. The van der Waals surface area contributed by atoms with Gasteiger partial charge in [0.1, 0.15) is 11.6 Å². The molecule has 1 fully saturated rings. The van der Waals surface area contributed by atoms with Crippen LogP contribution in [-0.2, 0) is 15.1 Å². The minimum Gasteiger partial charge on any atom is -0.405 e. The van der Waals surface area contributed by atoms with E-state index in [1.807, 2.05) is 6.92 Å². The first-order chi connectivity index (χ1) is 17.8. The molecular weight excluding hydrogens is 532 g/mol. The third kappa shape index (κ3) is 5.86. The van der Waals surface area contributed by atoms with Crippen molar-refractivity contribution in [2.45, 2.75) is 57.2 Å². The first-order valence-corrected chi connectivity index (χ1v) is 12.1. The predicted octanol–water partition coefficient (Wildman–Crippen LogP) is 4.96. The summed E-state index contributed by atoms with van der Waals surface area (Å²) in [5.41, 5.74) is 4.93. The molecule has 204 valence electrons. The van der Waals surface area contributed by atoms with Crippen molar-refractivity contribution in [2.24, 2.45) is 10.7 Å². The van der Waals surface area contributed by atoms with Crippen molar-refractivity contribution < 1.29 is 36.6 Å². The number of nitrogens with zero attached hydrogens (tertiary/aromatic N) is 2. The molecule has 0 bridgehead atoms. The quantitative estimate of drug-likeness (QED) is 0.506. The van der Waals surface area contributed by atoms with Gasteiger partial charge in [0, 0.05) is 24.3 Å². The van der Waals surface area contributed by atoms with E-state index in [-0.39, 0.29) is 41.1 Å². The van der Waals surface area contributed by atoms with Gasteiger partial charge in [-0.1, -0.05) is 23.7 Å². The summed E-state index contributed by atoms with van der Waals surface area (Å²) in [6, 6.07) is 6.58. The molecule has 0 spiro atoms. The fraction of sp³-hybridized carbons (Fsp3) is 0.400. The van der Waals surface area contributed by atoms with Crippen LogP contribution in [0, 0.1) is 5.82 Å². The summed E-state index contributed by atoms with van der Waals surface area (Å²) in [7, 11) is 0. The summed E-state index contributed by atoms with van der Waals surface area (Å²) in [5, 5.41) is 2.44. The third-order valence-corrected chi connectivity index (χ3v) is 6.84. The van der Waals surface area contributed by atoms with Gasteiger partial charge in [-0.15, -0.1) is 13.2 Å². The highest BCUT2D eigenvalue weighted by Gasteiger charge is 2.42. The number of hydrogen-bond donors (Lipinski definition) is 2. The Morgan fingerprint density at radius 1 is 1.32 bits per heavy atom. The number of carbonyl (C=O) groups excluding carboxylic acids is 2. The SMILES string of the molecule is C[C@@H]1C[C@H](N2C(=O)C[C@@](C)(c3cccc(NC(=O)c4ccc(F)cc4OC(F)(F)F)c3Cl)N=C2N)CCO1. The number of anilines is 1. The van der Waals surface area contributed by atoms with E-state index < -0.39 is 34.9 Å². The van der Waals surface area contributed by atoms with Crippen molar-refractivity contribution >= 4 is 35.1 Å². The van der Waals surface area contributed by atoms with Gasteiger partial charge in [0.05, 0.1) is 34.3 Å². The Bertz CT molecular complexity index is 1290. The first-order valence-electron chi connectivity index (χ1n) is 11.7. The van der Waals surface area contributed by atoms with E-state index in [2.05, 4.69) is 15.0 Å². The van der Waals surface area contributed by atoms with E-state index in [4.69, 9.17) is 22.1 Å². The van der Waals surface area contributed by atoms with Crippen LogP contribution < -0.4 is 15.8 Å². The van der Waals surface area contributed by atoms with Crippen LogP contribution in [0.2, 0.25) is 5.02 Å². The fourth-order valence-electron chi connectivity index (χ4n) is 4.74. The summed E-state index contributed by atoms with van der Waals surface area (Å²) < 4.78 is 61.3. The number of nitrogens with one attached hydrogen (secondary N) is 1. The summed E-state index contributed by atoms with van der Waals surface area (Å²) in [4.78, 5) is 32.1. The number of nitrogens with two attached hydrogens (primary N) is 1. The molecular formula is C25H25ClF4N4O4. The van der Waals surface area contributed by atoms with Crippen LogP contribution in [0.3, 0.4) is 0 Å². The van der Waals surface area contributed by atoms with Crippen LogP contribution in [0.5, 0.6) is 5.75 Å². The van der Waals surface area contributed by atoms with Gasteiger partial charge in [0.2, 0.25) is 5.91 Å². The molecule has 0 aliphatic carbocycles. The minimum absolute atomic E-state index is 0.0150. The summed E-state index contributed by atoms with van der Waals surface area (Å²) in [6.07, 6.45) is -3.99. The molecule has 2 aliphatic heterocycles. The lowest BCUT2D eigenvalue weighted by Gasteiger charge is -2.41. The van der Waals surface area contributed by atoms with E-state index in [1.165, 1.54) is 11.0 Å². The molecule has 0 radical (unpaired) electrons. The molecule has 0 aromatic heterocycles. The molecule has 2 aromatic rings. The zero-order valence-corrected chi connectivity index (χ0v) is 21.2. The number of rotatable bonds is 5. The Hall–Kier alpha value is -3.38. The smallest absolute Gasteiger partial charge is 0.405 e. The van der Waals surface area contributed by atoms with Crippen molar-refractivity contribution in [3.63, 3.8) is 0 Å². The van der Waals surface area contributed by atoms with Crippen LogP contribution in [0.1, 0.15) is 49.0 Å². The number of hydrogen-bond acceptors (Lipinski definition) is 6. The first kappa shape index (κ1) is 27.6. The zero-order valence-electron chi connectivity index (χ0n) is 20.4. The van der Waals surface area contributed by atoms with Gasteiger partial charge in [-0.2, -0.15) is 0 Å². The molecule has 38 heavy (non-hydrogen) atoms. The molecule has 2 aliphatic rings. The van der Waals surface area contributed by atoms with Crippen LogP contribution in [-0.4, -0.2) is 47.8 Å². The topological polar surface area (TPSA) is 106 Å². The molecule has 8 nitrogen and oxygen atoms in total. The summed E-state index contributed by atoms with van der Waals surface area (Å²) in [6.45, 7) is 4.09. The number of benzene rings is 2. The van der Waals surface area contributed by atoms with Gasteiger partial charge < -0.3 is 20.5 Å². The Morgan fingerprint density at radius 2 is 2.05 bits per heavy atom.